The fraction of sp³-hybridized carbons (Fsp3) is 0.483. The van der Waals surface area contributed by atoms with Gasteiger partial charge in [0.05, 0.1) is 30.2 Å². The Morgan fingerprint density at radius 3 is 2.67 bits per heavy atom. The molecular weight excluding hydrogens is 450 g/mol. The fourth-order valence-electron chi connectivity index (χ4n) is 5.92. The molecule has 2 aromatic heterocycles. The van der Waals surface area contributed by atoms with Crippen LogP contribution in [0, 0.1) is 0 Å². The first-order valence-electron chi connectivity index (χ1n) is 13.4. The molecule has 3 aliphatic rings. The summed E-state index contributed by atoms with van der Waals surface area (Å²) in [4.78, 5) is 21.5. The highest BCUT2D eigenvalue weighted by Crippen LogP contribution is 2.40. The van der Waals surface area contributed by atoms with Crippen LogP contribution in [0.15, 0.2) is 36.5 Å². The Labute approximate surface area is 213 Å². The molecule has 6 rings (SSSR count). The minimum Gasteiger partial charge on any atom is -0.381 e. The Morgan fingerprint density at radius 2 is 1.92 bits per heavy atom. The maximum atomic E-state index is 12.3. The van der Waals surface area contributed by atoms with E-state index < -0.39 is 0 Å². The van der Waals surface area contributed by atoms with Crippen molar-refractivity contribution in [1.29, 1.82) is 0 Å². The molecule has 0 saturated carbocycles. The molecule has 0 radical (unpaired) electrons. The number of hydrogen-bond acceptors (Lipinski definition) is 5. The maximum Gasteiger partial charge on any atom is 0.219 e. The van der Waals surface area contributed by atoms with Crippen LogP contribution in [0.3, 0.4) is 0 Å². The molecule has 36 heavy (non-hydrogen) atoms. The minimum absolute atomic E-state index is 0.130. The van der Waals surface area contributed by atoms with Gasteiger partial charge in [0.15, 0.2) is 5.82 Å². The van der Waals surface area contributed by atoms with Crippen molar-refractivity contribution >= 4 is 17.4 Å². The number of aromatic nitrogens is 3. The summed E-state index contributed by atoms with van der Waals surface area (Å²) >= 11 is 0. The van der Waals surface area contributed by atoms with Gasteiger partial charge in [0.1, 0.15) is 0 Å². The van der Waals surface area contributed by atoms with Crippen LogP contribution < -0.4 is 4.90 Å². The number of anilines is 2. The van der Waals surface area contributed by atoms with Crippen LogP contribution in [0.5, 0.6) is 0 Å². The second-order valence-electron chi connectivity index (χ2n) is 10.2. The largest absolute Gasteiger partial charge is 0.381 e. The van der Waals surface area contributed by atoms with Gasteiger partial charge in [-0.05, 0) is 49.3 Å². The first kappa shape index (κ1) is 23.2. The van der Waals surface area contributed by atoms with Crippen LogP contribution >= 0.6 is 0 Å². The average Bonchev–Trinajstić information content (AvgIpc) is 3.31. The third kappa shape index (κ3) is 4.19. The molecule has 3 aliphatic heterocycles. The molecule has 0 bridgehead atoms. The van der Waals surface area contributed by atoms with E-state index in [1.54, 1.807) is 6.92 Å². The van der Waals surface area contributed by atoms with Crippen molar-refractivity contribution in [3.63, 3.8) is 0 Å². The summed E-state index contributed by atoms with van der Waals surface area (Å²) in [6, 6.07) is 11.4. The van der Waals surface area contributed by atoms with Gasteiger partial charge in [-0.2, -0.15) is 5.10 Å². The van der Waals surface area contributed by atoms with Crippen LogP contribution in [-0.2, 0) is 35.3 Å². The maximum absolute atomic E-state index is 12.3. The van der Waals surface area contributed by atoms with Crippen molar-refractivity contribution in [1.82, 2.24) is 19.7 Å². The normalized spacial score (nSPS) is 18.2. The lowest BCUT2D eigenvalue weighted by molar-refractivity contribution is -0.129. The first-order chi connectivity index (χ1) is 17.6. The molecule has 7 nitrogen and oxygen atoms in total. The second-order valence-corrected chi connectivity index (χ2v) is 10.2. The van der Waals surface area contributed by atoms with Gasteiger partial charge in [0.25, 0.3) is 0 Å². The van der Waals surface area contributed by atoms with Crippen LogP contribution in [0.2, 0.25) is 0 Å². The fourth-order valence-corrected chi connectivity index (χ4v) is 5.92. The van der Waals surface area contributed by atoms with Gasteiger partial charge in [-0.3, -0.25) is 14.5 Å². The Kier molecular flexibility index (Phi) is 6.25. The number of fused-ring (bicyclic) bond motifs is 2. The lowest BCUT2D eigenvalue weighted by Crippen LogP contribution is -2.36. The summed E-state index contributed by atoms with van der Waals surface area (Å²) in [6.07, 6.45) is 8.01. The number of hydrogen-bond donors (Lipinski definition) is 0. The van der Waals surface area contributed by atoms with Gasteiger partial charge in [0, 0.05) is 56.5 Å². The van der Waals surface area contributed by atoms with Gasteiger partial charge in [-0.25, -0.2) is 0 Å². The molecule has 0 atom stereocenters. The van der Waals surface area contributed by atoms with Crippen LogP contribution in [-0.4, -0.2) is 51.9 Å². The number of pyridine rings is 1. The van der Waals surface area contributed by atoms with E-state index in [1.165, 1.54) is 22.4 Å². The number of carbonyl (C=O) groups excluding carboxylic acids is 1. The van der Waals surface area contributed by atoms with E-state index >= 15 is 0 Å². The van der Waals surface area contributed by atoms with E-state index in [2.05, 4.69) is 46.8 Å². The molecule has 1 fully saturated rings. The highest BCUT2D eigenvalue weighted by atomic mass is 16.5. The summed E-state index contributed by atoms with van der Waals surface area (Å²) in [5, 5.41) is 5.25. The number of aryl methyl sites for hydroxylation is 2. The zero-order valence-corrected chi connectivity index (χ0v) is 21.4. The van der Waals surface area contributed by atoms with Crippen molar-refractivity contribution in [2.75, 3.05) is 31.2 Å². The highest BCUT2D eigenvalue weighted by Gasteiger charge is 2.33. The standard InChI is InChI=1S/C29H35N5O2/c1-3-21-6-8-22(9-7-21)26-17-23-5-4-13-33(28(23)18-30-26)29-25-19-32(20(2)35)14-10-27(25)34(31-29)24-11-15-36-16-12-24/h6-9,17-18,24H,3-5,10-16,19H2,1-2H3. The topological polar surface area (TPSA) is 63.5 Å². The molecule has 0 aliphatic carbocycles. The molecule has 188 valence electrons. The van der Waals surface area contributed by atoms with E-state index in [9.17, 15) is 4.79 Å². The average molecular weight is 486 g/mol. The predicted molar refractivity (Wildman–Crippen MR) is 140 cm³/mol. The third-order valence-corrected chi connectivity index (χ3v) is 8.04. The molecular formula is C29H35N5O2. The number of rotatable bonds is 4. The van der Waals surface area contributed by atoms with Gasteiger partial charge in [0.2, 0.25) is 5.91 Å². The minimum atomic E-state index is 0.130. The van der Waals surface area contributed by atoms with Crippen LogP contribution in [0.4, 0.5) is 11.5 Å². The van der Waals surface area contributed by atoms with Crippen molar-refractivity contribution in [3.8, 4) is 11.3 Å². The zero-order chi connectivity index (χ0) is 24.6. The van der Waals surface area contributed by atoms with Gasteiger partial charge in [-0.1, -0.05) is 31.2 Å². The molecule has 0 unspecified atom stereocenters. The van der Waals surface area contributed by atoms with E-state index in [4.69, 9.17) is 14.8 Å². The molecule has 5 heterocycles. The molecule has 1 amide bonds. The van der Waals surface area contributed by atoms with Gasteiger partial charge >= 0.3 is 0 Å². The summed E-state index contributed by atoms with van der Waals surface area (Å²) in [5.41, 5.74) is 8.49. The number of benzene rings is 1. The lowest BCUT2D eigenvalue weighted by Gasteiger charge is -2.32. The molecule has 7 heteroatoms. The summed E-state index contributed by atoms with van der Waals surface area (Å²) in [5.74, 6) is 1.13. The highest BCUT2D eigenvalue weighted by molar-refractivity contribution is 5.75. The Hall–Kier alpha value is -3.19. The van der Waals surface area contributed by atoms with E-state index in [-0.39, 0.29) is 5.91 Å². The van der Waals surface area contributed by atoms with Crippen LogP contribution in [0.1, 0.15) is 61.5 Å². The third-order valence-electron chi connectivity index (χ3n) is 8.04. The van der Waals surface area contributed by atoms with Crippen molar-refractivity contribution in [2.24, 2.45) is 0 Å². The van der Waals surface area contributed by atoms with Crippen molar-refractivity contribution < 1.29 is 9.53 Å². The lowest BCUT2D eigenvalue weighted by atomic mass is 9.99. The molecule has 3 aromatic rings. The van der Waals surface area contributed by atoms with E-state index in [1.807, 2.05) is 11.1 Å². The monoisotopic (exact) mass is 485 g/mol. The van der Waals surface area contributed by atoms with Gasteiger partial charge in [-0.15, -0.1) is 0 Å². The van der Waals surface area contributed by atoms with Crippen molar-refractivity contribution in [2.45, 2.75) is 65.0 Å². The SMILES string of the molecule is CCc1ccc(-c2cc3c(cn2)N(c2nn(C4CCOCC4)c4c2CN(C(C)=O)CC4)CCC3)cc1. The Bertz CT molecular complexity index is 1260. The molecule has 1 aromatic carbocycles. The van der Waals surface area contributed by atoms with Gasteiger partial charge < -0.3 is 14.5 Å². The van der Waals surface area contributed by atoms with E-state index in [0.717, 1.165) is 87.6 Å². The number of amides is 1. The Balaban J connectivity index is 1.38. The predicted octanol–water partition coefficient (Wildman–Crippen LogP) is 4.85. The summed E-state index contributed by atoms with van der Waals surface area (Å²) < 4.78 is 7.91. The Morgan fingerprint density at radius 1 is 1.11 bits per heavy atom. The zero-order valence-electron chi connectivity index (χ0n) is 21.4. The number of carbonyl (C=O) groups is 1. The van der Waals surface area contributed by atoms with Crippen LogP contribution in [0.25, 0.3) is 11.3 Å². The smallest absolute Gasteiger partial charge is 0.219 e. The van der Waals surface area contributed by atoms with Crippen molar-refractivity contribution in [3.05, 3.63) is 58.9 Å². The first-order valence-corrected chi connectivity index (χ1v) is 13.4. The molecule has 1 saturated heterocycles. The number of ether oxygens (including phenoxy) is 1. The molecule has 0 N–H and O–H groups in total. The second kappa shape index (κ2) is 9.69. The molecule has 0 spiro atoms. The summed E-state index contributed by atoms with van der Waals surface area (Å²) in [6.45, 7) is 7.72. The quantitative estimate of drug-likeness (QED) is 0.529. The number of nitrogens with zero attached hydrogens (tertiary/aromatic N) is 5. The summed E-state index contributed by atoms with van der Waals surface area (Å²) in [7, 11) is 0. The van der Waals surface area contributed by atoms with E-state index in [0.29, 0.717) is 12.6 Å².